The molecule has 0 spiro atoms. The first-order valence-corrected chi connectivity index (χ1v) is 6.30. The Kier molecular flexibility index (Phi) is 3.14. The van der Waals surface area contributed by atoms with Crippen LogP contribution in [-0.4, -0.2) is 8.42 Å². The monoisotopic (exact) mass is 297 g/mol. The van der Waals surface area contributed by atoms with Crippen molar-refractivity contribution in [1.29, 1.82) is 5.26 Å². The molecule has 0 aliphatic carbocycles. The summed E-state index contributed by atoms with van der Waals surface area (Å²) in [6, 6.07) is 3.29. The lowest BCUT2D eigenvalue weighted by Gasteiger charge is -2.01. The Morgan fingerprint density at radius 2 is 2.07 bits per heavy atom. The number of nitrogens with zero attached hydrogens (tertiary/aromatic N) is 1. The fraction of sp³-hybridized carbons (Fsp3) is 0. The van der Waals surface area contributed by atoms with Gasteiger partial charge in [0.15, 0.2) is 0 Å². The Hall–Kier alpha value is -0.640. The molecule has 0 aromatic heterocycles. The highest BCUT2D eigenvalue weighted by molar-refractivity contribution is 9.10. The van der Waals surface area contributed by atoms with Crippen LogP contribution in [0.15, 0.2) is 21.5 Å². The molecule has 0 saturated heterocycles. The second kappa shape index (κ2) is 3.85. The van der Waals surface area contributed by atoms with Gasteiger partial charge in [-0.2, -0.15) is 5.26 Å². The molecule has 0 bridgehead atoms. The van der Waals surface area contributed by atoms with Crippen molar-refractivity contribution >= 4 is 35.7 Å². The van der Waals surface area contributed by atoms with Crippen molar-refractivity contribution < 1.29 is 12.8 Å². The van der Waals surface area contributed by atoms with Gasteiger partial charge in [0.25, 0.3) is 9.05 Å². The van der Waals surface area contributed by atoms with E-state index in [1.807, 2.05) is 0 Å². The molecule has 0 radical (unpaired) electrons. The van der Waals surface area contributed by atoms with Gasteiger partial charge < -0.3 is 0 Å². The Morgan fingerprint density at radius 3 is 2.50 bits per heavy atom. The summed E-state index contributed by atoms with van der Waals surface area (Å²) in [6.07, 6.45) is 0. The van der Waals surface area contributed by atoms with E-state index in [4.69, 9.17) is 15.9 Å². The fourth-order valence-corrected chi connectivity index (χ4v) is 3.00. The molecule has 0 N–H and O–H groups in total. The lowest BCUT2D eigenvalue weighted by Crippen LogP contribution is -1.96. The van der Waals surface area contributed by atoms with E-state index < -0.39 is 19.8 Å². The van der Waals surface area contributed by atoms with E-state index >= 15 is 0 Å². The van der Waals surface area contributed by atoms with Gasteiger partial charge in [-0.15, -0.1) is 0 Å². The summed E-state index contributed by atoms with van der Waals surface area (Å²) in [5.74, 6) is -0.830. The Labute approximate surface area is 92.7 Å². The molecule has 0 amide bonds. The average molecular weight is 299 g/mol. The minimum absolute atomic E-state index is 0.0311. The van der Waals surface area contributed by atoms with Gasteiger partial charge >= 0.3 is 0 Å². The van der Waals surface area contributed by atoms with Crippen LogP contribution < -0.4 is 0 Å². The van der Waals surface area contributed by atoms with E-state index in [0.717, 1.165) is 12.1 Å². The molecule has 0 fully saturated rings. The number of hydrogen-bond donors (Lipinski definition) is 0. The summed E-state index contributed by atoms with van der Waals surface area (Å²) in [6.45, 7) is 0. The predicted octanol–water partition coefficient (Wildman–Crippen LogP) is 2.39. The third kappa shape index (κ3) is 2.23. The second-order valence-electron chi connectivity index (χ2n) is 2.32. The van der Waals surface area contributed by atoms with Crippen LogP contribution in [0, 0.1) is 17.1 Å². The molecule has 0 saturated carbocycles. The van der Waals surface area contributed by atoms with Gasteiger partial charge in [0, 0.05) is 10.7 Å². The third-order valence-electron chi connectivity index (χ3n) is 1.39. The van der Waals surface area contributed by atoms with Gasteiger partial charge in [0.05, 0.1) is 10.0 Å². The van der Waals surface area contributed by atoms with Crippen LogP contribution in [0.2, 0.25) is 0 Å². The van der Waals surface area contributed by atoms with E-state index in [9.17, 15) is 12.8 Å². The molecule has 0 aliphatic rings. The minimum atomic E-state index is -4.05. The van der Waals surface area contributed by atoms with E-state index in [1.165, 1.54) is 0 Å². The summed E-state index contributed by atoms with van der Waals surface area (Å²) < 4.78 is 34.7. The first-order valence-electron chi connectivity index (χ1n) is 3.20. The SMILES string of the molecule is N#Cc1cc(F)cc(S(=O)(=O)Cl)c1Br. The van der Waals surface area contributed by atoms with E-state index in [1.54, 1.807) is 6.07 Å². The van der Waals surface area contributed by atoms with E-state index in [2.05, 4.69) is 15.9 Å². The van der Waals surface area contributed by atoms with Gasteiger partial charge in [0.1, 0.15) is 16.8 Å². The van der Waals surface area contributed by atoms with Crippen molar-refractivity contribution in [2.24, 2.45) is 0 Å². The number of halogens is 3. The van der Waals surface area contributed by atoms with Gasteiger partial charge in [0.2, 0.25) is 0 Å². The van der Waals surface area contributed by atoms with Crippen LogP contribution in [0.4, 0.5) is 4.39 Å². The zero-order valence-corrected chi connectivity index (χ0v) is 9.62. The first-order chi connectivity index (χ1) is 6.36. The molecular formula is C7H2BrClFNO2S. The van der Waals surface area contributed by atoms with Crippen molar-refractivity contribution in [2.45, 2.75) is 4.90 Å². The zero-order valence-electron chi connectivity index (χ0n) is 6.46. The van der Waals surface area contributed by atoms with Crippen molar-refractivity contribution in [3.05, 3.63) is 28.0 Å². The van der Waals surface area contributed by atoms with Crippen molar-refractivity contribution in [1.82, 2.24) is 0 Å². The van der Waals surface area contributed by atoms with Gasteiger partial charge in [-0.3, -0.25) is 0 Å². The molecule has 3 nitrogen and oxygen atoms in total. The van der Waals surface area contributed by atoms with Crippen LogP contribution in [0.5, 0.6) is 0 Å². The molecule has 1 aromatic carbocycles. The Bertz CT molecular complexity index is 523. The zero-order chi connectivity index (χ0) is 10.9. The van der Waals surface area contributed by atoms with Crippen LogP contribution in [0.25, 0.3) is 0 Å². The fourth-order valence-electron chi connectivity index (χ4n) is 0.823. The standard InChI is InChI=1S/C7H2BrClFNO2S/c8-7-4(3-11)1-5(10)2-6(7)14(9,12)13/h1-2H. The molecule has 0 heterocycles. The van der Waals surface area contributed by atoms with Crippen LogP contribution in [0.3, 0.4) is 0 Å². The normalized spacial score (nSPS) is 11.0. The van der Waals surface area contributed by atoms with Gasteiger partial charge in [-0.1, -0.05) is 0 Å². The van der Waals surface area contributed by atoms with Gasteiger partial charge in [-0.25, -0.2) is 12.8 Å². The maximum Gasteiger partial charge on any atom is 0.262 e. The summed E-state index contributed by atoms with van der Waals surface area (Å²) >= 11 is 2.86. The smallest absolute Gasteiger partial charge is 0.207 e. The topological polar surface area (TPSA) is 57.9 Å². The summed E-state index contributed by atoms with van der Waals surface area (Å²) in [5, 5.41) is 8.55. The largest absolute Gasteiger partial charge is 0.262 e. The summed E-state index contributed by atoms with van der Waals surface area (Å²) in [4.78, 5) is -0.448. The Morgan fingerprint density at radius 1 is 1.50 bits per heavy atom. The maximum absolute atomic E-state index is 12.8. The lowest BCUT2D eigenvalue weighted by atomic mass is 10.2. The highest BCUT2D eigenvalue weighted by Crippen LogP contribution is 2.29. The van der Waals surface area contributed by atoms with E-state index in [-0.39, 0.29) is 10.0 Å². The number of rotatable bonds is 1. The number of nitriles is 1. The van der Waals surface area contributed by atoms with E-state index in [0.29, 0.717) is 0 Å². The number of benzene rings is 1. The van der Waals surface area contributed by atoms with Crippen molar-refractivity contribution in [2.75, 3.05) is 0 Å². The highest BCUT2D eigenvalue weighted by atomic mass is 79.9. The van der Waals surface area contributed by atoms with Crippen LogP contribution >= 0.6 is 26.6 Å². The predicted molar refractivity (Wildman–Crippen MR) is 51.9 cm³/mol. The molecule has 74 valence electrons. The lowest BCUT2D eigenvalue weighted by molar-refractivity contribution is 0.601. The minimum Gasteiger partial charge on any atom is -0.207 e. The van der Waals surface area contributed by atoms with Crippen molar-refractivity contribution in [3.8, 4) is 6.07 Å². The quantitative estimate of drug-likeness (QED) is 0.748. The molecule has 0 unspecified atom stereocenters. The van der Waals surface area contributed by atoms with Crippen LogP contribution in [0.1, 0.15) is 5.56 Å². The summed E-state index contributed by atoms with van der Waals surface area (Å²) in [5.41, 5.74) is -0.121. The molecule has 7 heteroatoms. The molecule has 1 rings (SSSR count). The average Bonchev–Trinajstić information content (AvgIpc) is 2.06. The second-order valence-corrected chi connectivity index (χ2v) is 5.64. The maximum atomic E-state index is 12.8. The third-order valence-corrected chi connectivity index (χ3v) is 3.85. The molecule has 0 aliphatic heterocycles. The number of hydrogen-bond acceptors (Lipinski definition) is 3. The van der Waals surface area contributed by atoms with Gasteiger partial charge in [-0.05, 0) is 28.1 Å². The van der Waals surface area contributed by atoms with Crippen LogP contribution in [-0.2, 0) is 9.05 Å². The molecule has 0 atom stereocenters. The molecule has 1 aromatic rings. The van der Waals surface area contributed by atoms with Crippen molar-refractivity contribution in [3.63, 3.8) is 0 Å². The first kappa shape index (κ1) is 11.4. The summed E-state index contributed by atoms with van der Waals surface area (Å²) in [7, 11) is 0.977. The molecular weight excluding hydrogens is 297 g/mol. The Balaban J connectivity index is 3.64. The highest BCUT2D eigenvalue weighted by Gasteiger charge is 2.18. The molecule has 14 heavy (non-hydrogen) atoms.